The zero-order valence-corrected chi connectivity index (χ0v) is 17.4. The van der Waals surface area contributed by atoms with Crippen molar-refractivity contribution in [1.29, 1.82) is 0 Å². The van der Waals surface area contributed by atoms with E-state index in [0.717, 1.165) is 33.6 Å². The highest BCUT2D eigenvalue weighted by Gasteiger charge is 2.14. The largest absolute Gasteiger partial charge is 0.337 e. The summed E-state index contributed by atoms with van der Waals surface area (Å²) in [5.41, 5.74) is 9.40. The molecule has 0 unspecified atom stereocenters. The first-order chi connectivity index (χ1) is 15.7. The van der Waals surface area contributed by atoms with E-state index in [-0.39, 0.29) is 5.65 Å². The topological polar surface area (TPSA) is 130 Å². The number of nitrogens with one attached hydrogen (secondary N) is 3. The maximum Gasteiger partial charge on any atom is 0.245 e. The normalized spacial score (nSPS) is 11.3. The summed E-state index contributed by atoms with van der Waals surface area (Å²) >= 11 is 0. The van der Waals surface area contributed by atoms with Crippen LogP contribution < -0.4 is 10.7 Å². The second-order valence-corrected chi connectivity index (χ2v) is 7.14. The second-order valence-electron chi connectivity index (χ2n) is 7.14. The van der Waals surface area contributed by atoms with Gasteiger partial charge in [0, 0.05) is 16.8 Å². The molecule has 0 radical (unpaired) electrons. The van der Waals surface area contributed by atoms with Crippen molar-refractivity contribution >= 4 is 34.8 Å². The fourth-order valence-corrected chi connectivity index (χ4v) is 3.21. The average molecular weight is 425 g/mol. The van der Waals surface area contributed by atoms with E-state index < -0.39 is 0 Å². The lowest BCUT2D eigenvalue weighted by Crippen LogP contribution is -2.04. The highest BCUT2D eigenvalue weighted by atomic mass is 16.6. The fraction of sp³-hybridized carbons (Fsp3) is 0.0909. The van der Waals surface area contributed by atoms with E-state index in [0.29, 0.717) is 17.3 Å². The van der Waals surface area contributed by atoms with Crippen molar-refractivity contribution in [2.24, 2.45) is 5.10 Å². The minimum Gasteiger partial charge on any atom is -0.337 e. The van der Waals surface area contributed by atoms with Crippen molar-refractivity contribution in [3.8, 4) is 11.3 Å². The number of hydrogen-bond donors (Lipinski definition) is 3. The van der Waals surface area contributed by atoms with Crippen molar-refractivity contribution in [3.63, 3.8) is 0 Å². The van der Waals surface area contributed by atoms with Gasteiger partial charge < -0.3 is 5.32 Å². The molecule has 0 fully saturated rings. The van der Waals surface area contributed by atoms with Gasteiger partial charge in [0.15, 0.2) is 11.6 Å². The Morgan fingerprint density at radius 3 is 2.53 bits per heavy atom. The summed E-state index contributed by atoms with van der Waals surface area (Å²) < 4.78 is 4.76. The number of H-pyrrole nitrogens is 1. The Hall–Kier alpha value is -4.60. The molecule has 0 aliphatic carbocycles. The molecular weight excluding hydrogens is 406 g/mol. The Morgan fingerprint density at radius 1 is 0.938 bits per heavy atom. The monoisotopic (exact) mass is 425 g/mol. The Balaban J connectivity index is 1.45. The van der Waals surface area contributed by atoms with E-state index in [1.807, 2.05) is 49.4 Å². The SMILES string of the molecule is Cc1cccc(Nc2nc3nonc3nc2N/N=C/c2cn[nH]c2-c2ccccc2)c1C. The predicted octanol–water partition coefficient (Wildman–Crippen LogP) is 4.21. The number of aromatic nitrogens is 6. The summed E-state index contributed by atoms with van der Waals surface area (Å²) in [7, 11) is 0. The molecular formula is C22H19N9O. The number of aryl methyl sites for hydroxylation is 1. The molecule has 0 spiro atoms. The Bertz CT molecular complexity index is 1410. The molecule has 0 saturated heterocycles. The molecule has 3 N–H and O–H groups in total. The molecule has 3 heterocycles. The van der Waals surface area contributed by atoms with Crippen LogP contribution in [0.4, 0.5) is 17.3 Å². The van der Waals surface area contributed by atoms with Crippen LogP contribution in [-0.4, -0.2) is 36.7 Å². The van der Waals surface area contributed by atoms with Gasteiger partial charge in [-0.15, -0.1) is 0 Å². The van der Waals surface area contributed by atoms with Gasteiger partial charge in [-0.25, -0.2) is 9.61 Å². The summed E-state index contributed by atoms with van der Waals surface area (Å²) in [4.78, 5) is 8.93. The molecule has 10 nitrogen and oxygen atoms in total. The summed E-state index contributed by atoms with van der Waals surface area (Å²) in [6, 6.07) is 15.9. The highest BCUT2D eigenvalue weighted by molar-refractivity contribution is 5.89. The molecule has 0 atom stereocenters. The van der Waals surface area contributed by atoms with Crippen LogP contribution in [0.3, 0.4) is 0 Å². The minimum absolute atomic E-state index is 0.280. The minimum atomic E-state index is 0.280. The Kier molecular flexibility index (Phi) is 5.00. The van der Waals surface area contributed by atoms with Crippen LogP contribution in [0, 0.1) is 13.8 Å². The van der Waals surface area contributed by atoms with Crippen LogP contribution in [0.1, 0.15) is 16.7 Å². The number of hydrogen-bond acceptors (Lipinski definition) is 9. The molecule has 0 saturated carbocycles. The fourth-order valence-electron chi connectivity index (χ4n) is 3.21. The van der Waals surface area contributed by atoms with Crippen LogP contribution in [-0.2, 0) is 0 Å². The lowest BCUT2D eigenvalue weighted by Gasteiger charge is -2.12. The smallest absolute Gasteiger partial charge is 0.245 e. The molecule has 2 aromatic carbocycles. The van der Waals surface area contributed by atoms with E-state index in [1.165, 1.54) is 0 Å². The molecule has 5 aromatic rings. The van der Waals surface area contributed by atoms with Gasteiger partial charge in [-0.05, 0) is 41.4 Å². The van der Waals surface area contributed by atoms with Crippen LogP contribution in [0.25, 0.3) is 22.6 Å². The number of fused-ring (bicyclic) bond motifs is 1. The van der Waals surface area contributed by atoms with E-state index in [1.54, 1.807) is 12.4 Å². The number of hydrazone groups is 1. The van der Waals surface area contributed by atoms with E-state index >= 15 is 0 Å². The van der Waals surface area contributed by atoms with Gasteiger partial charge in [-0.1, -0.05) is 42.5 Å². The third-order valence-electron chi connectivity index (χ3n) is 5.08. The summed E-state index contributed by atoms with van der Waals surface area (Å²) in [5, 5.41) is 22.4. The quantitative estimate of drug-likeness (QED) is 0.272. The molecule has 0 amide bonds. The molecule has 32 heavy (non-hydrogen) atoms. The molecule has 0 aliphatic rings. The van der Waals surface area contributed by atoms with Crippen molar-refractivity contribution in [1.82, 2.24) is 30.5 Å². The van der Waals surface area contributed by atoms with Crippen molar-refractivity contribution in [2.75, 3.05) is 10.7 Å². The van der Waals surface area contributed by atoms with Gasteiger partial charge in [0.25, 0.3) is 0 Å². The molecule has 0 bridgehead atoms. The van der Waals surface area contributed by atoms with Crippen molar-refractivity contribution < 1.29 is 4.63 Å². The molecule has 5 rings (SSSR count). The van der Waals surface area contributed by atoms with Crippen molar-refractivity contribution in [2.45, 2.75) is 13.8 Å². The highest BCUT2D eigenvalue weighted by Crippen LogP contribution is 2.27. The zero-order chi connectivity index (χ0) is 21.9. The third-order valence-corrected chi connectivity index (χ3v) is 5.08. The van der Waals surface area contributed by atoms with E-state index in [2.05, 4.69) is 59.3 Å². The summed E-state index contributed by atoms with van der Waals surface area (Å²) in [5.74, 6) is 0.838. The van der Waals surface area contributed by atoms with Gasteiger partial charge >= 0.3 is 0 Å². The van der Waals surface area contributed by atoms with Gasteiger partial charge in [0.2, 0.25) is 11.3 Å². The van der Waals surface area contributed by atoms with Crippen LogP contribution in [0.5, 0.6) is 0 Å². The van der Waals surface area contributed by atoms with Crippen LogP contribution in [0.15, 0.2) is 64.5 Å². The Labute approximate surface area is 182 Å². The third kappa shape index (κ3) is 3.76. The average Bonchev–Trinajstić information content (AvgIpc) is 3.47. The van der Waals surface area contributed by atoms with Crippen molar-refractivity contribution in [3.05, 3.63) is 71.4 Å². The number of benzene rings is 2. The standard InChI is InChI=1S/C22H19N9O/c1-13-7-6-10-17(14(13)2)25-19-20(27-22-21(26-19)30-32-31-22)29-24-12-16-11-23-28-18(16)15-8-4-3-5-9-15/h3-12H,1-2H3,(H,23,28)(H,25,26,30)(H,27,29,31)/b24-12+. The summed E-state index contributed by atoms with van der Waals surface area (Å²) in [6.45, 7) is 4.09. The lowest BCUT2D eigenvalue weighted by atomic mass is 10.1. The molecule has 10 heteroatoms. The van der Waals surface area contributed by atoms with E-state index in [9.17, 15) is 0 Å². The van der Waals surface area contributed by atoms with Crippen LogP contribution in [0.2, 0.25) is 0 Å². The van der Waals surface area contributed by atoms with Gasteiger partial charge in [-0.3, -0.25) is 10.5 Å². The first-order valence-corrected chi connectivity index (χ1v) is 9.90. The molecule has 0 aliphatic heterocycles. The maximum atomic E-state index is 4.76. The second kappa shape index (κ2) is 8.26. The number of nitrogens with zero attached hydrogens (tertiary/aromatic N) is 6. The number of anilines is 3. The maximum absolute atomic E-state index is 4.76. The predicted molar refractivity (Wildman–Crippen MR) is 122 cm³/mol. The first-order valence-electron chi connectivity index (χ1n) is 9.90. The summed E-state index contributed by atoms with van der Waals surface area (Å²) in [6.07, 6.45) is 3.37. The van der Waals surface area contributed by atoms with Gasteiger partial charge in [-0.2, -0.15) is 15.2 Å². The van der Waals surface area contributed by atoms with Gasteiger partial charge in [0.05, 0.1) is 18.1 Å². The first kappa shape index (κ1) is 19.4. The zero-order valence-electron chi connectivity index (χ0n) is 17.4. The Morgan fingerprint density at radius 2 is 1.72 bits per heavy atom. The lowest BCUT2D eigenvalue weighted by molar-refractivity contribution is 0.314. The number of rotatable bonds is 6. The molecule has 3 aromatic heterocycles. The molecule has 158 valence electrons. The van der Waals surface area contributed by atoms with Gasteiger partial charge in [0.1, 0.15) is 0 Å². The van der Waals surface area contributed by atoms with E-state index in [4.69, 9.17) is 4.63 Å². The number of aromatic amines is 1. The van der Waals surface area contributed by atoms with Crippen LogP contribution >= 0.6 is 0 Å².